The maximum absolute atomic E-state index is 11.8. The lowest BCUT2D eigenvalue weighted by atomic mass is 10.2. The minimum atomic E-state index is -1.13. The first-order valence-electron chi connectivity index (χ1n) is 5.44. The lowest BCUT2D eigenvalue weighted by molar-refractivity contribution is -0.141. The van der Waals surface area contributed by atoms with E-state index in [1.54, 1.807) is 0 Å². The third-order valence-electron chi connectivity index (χ3n) is 2.18. The molecule has 0 aromatic heterocycles. The van der Waals surface area contributed by atoms with Crippen LogP contribution in [0.4, 0.5) is 0 Å². The SMILES string of the molecule is CSCC[C@H](NC(=O)CN)C(=O)N[C@@H](C)C(=O)O. The van der Waals surface area contributed by atoms with Crippen LogP contribution in [0, 0.1) is 0 Å². The molecule has 8 heteroatoms. The van der Waals surface area contributed by atoms with Gasteiger partial charge in [-0.2, -0.15) is 11.8 Å². The number of carbonyl (C=O) groups excluding carboxylic acids is 2. The summed E-state index contributed by atoms with van der Waals surface area (Å²) in [6.45, 7) is 1.15. The summed E-state index contributed by atoms with van der Waals surface area (Å²) in [5.41, 5.74) is 5.16. The summed E-state index contributed by atoms with van der Waals surface area (Å²) in [7, 11) is 0. The molecule has 5 N–H and O–H groups in total. The number of hydrogen-bond donors (Lipinski definition) is 4. The van der Waals surface area contributed by atoms with Gasteiger partial charge in [0.05, 0.1) is 6.54 Å². The van der Waals surface area contributed by atoms with Gasteiger partial charge >= 0.3 is 5.97 Å². The minimum Gasteiger partial charge on any atom is -0.480 e. The molecule has 0 aromatic carbocycles. The molecule has 104 valence electrons. The Bertz CT molecular complexity index is 311. The van der Waals surface area contributed by atoms with E-state index in [0.29, 0.717) is 12.2 Å². The zero-order chi connectivity index (χ0) is 14.1. The Morgan fingerprint density at radius 2 is 1.94 bits per heavy atom. The van der Waals surface area contributed by atoms with Crippen LogP contribution in [0.5, 0.6) is 0 Å². The van der Waals surface area contributed by atoms with Gasteiger partial charge in [-0.1, -0.05) is 0 Å². The quantitative estimate of drug-likeness (QED) is 0.441. The molecule has 0 aliphatic carbocycles. The number of carboxylic acids is 1. The molecule has 7 nitrogen and oxygen atoms in total. The molecule has 0 heterocycles. The van der Waals surface area contributed by atoms with E-state index in [2.05, 4.69) is 10.6 Å². The average Bonchev–Trinajstić information content (AvgIpc) is 2.33. The highest BCUT2D eigenvalue weighted by atomic mass is 32.2. The van der Waals surface area contributed by atoms with Crippen molar-refractivity contribution < 1.29 is 19.5 Å². The van der Waals surface area contributed by atoms with Crippen molar-refractivity contribution in [2.75, 3.05) is 18.6 Å². The maximum atomic E-state index is 11.8. The van der Waals surface area contributed by atoms with E-state index < -0.39 is 29.9 Å². The van der Waals surface area contributed by atoms with Gasteiger partial charge in [0.1, 0.15) is 12.1 Å². The van der Waals surface area contributed by atoms with E-state index in [9.17, 15) is 14.4 Å². The fourth-order valence-corrected chi connectivity index (χ4v) is 1.60. The van der Waals surface area contributed by atoms with Crippen molar-refractivity contribution in [3.8, 4) is 0 Å². The van der Waals surface area contributed by atoms with Crippen LogP contribution in [-0.4, -0.2) is 53.5 Å². The monoisotopic (exact) mass is 277 g/mol. The Morgan fingerprint density at radius 3 is 2.39 bits per heavy atom. The fraction of sp³-hybridized carbons (Fsp3) is 0.700. The van der Waals surface area contributed by atoms with Gasteiger partial charge in [-0.3, -0.25) is 14.4 Å². The molecule has 18 heavy (non-hydrogen) atoms. The molecule has 0 aromatic rings. The number of carboxylic acid groups (broad SMARTS) is 1. The van der Waals surface area contributed by atoms with Gasteiger partial charge in [0.2, 0.25) is 11.8 Å². The van der Waals surface area contributed by atoms with Gasteiger partial charge in [-0.15, -0.1) is 0 Å². The van der Waals surface area contributed by atoms with Crippen molar-refractivity contribution in [3.05, 3.63) is 0 Å². The van der Waals surface area contributed by atoms with Crippen LogP contribution in [0.3, 0.4) is 0 Å². The van der Waals surface area contributed by atoms with Crippen LogP contribution >= 0.6 is 11.8 Å². The molecular formula is C10H19N3O4S. The number of nitrogens with two attached hydrogens (primary N) is 1. The Morgan fingerprint density at radius 1 is 1.33 bits per heavy atom. The van der Waals surface area contributed by atoms with Crippen LogP contribution in [0.2, 0.25) is 0 Å². The summed E-state index contributed by atoms with van der Waals surface area (Å²) in [4.78, 5) is 33.6. The summed E-state index contributed by atoms with van der Waals surface area (Å²) >= 11 is 1.53. The molecular weight excluding hydrogens is 258 g/mol. The lowest BCUT2D eigenvalue weighted by Crippen LogP contribution is -2.52. The first-order chi connectivity index (χ1) is 8.42. The average molecular weight is 277 g/mol. The van der Waals surface area contributed by atoms with Crippen LogP contribution in [0.25, 0.3) is 0 Å². The van der Waals surface area contributed by atoms with Crippen LogP contribution in [0.1, 0.15) is 13.3 Å². The first kappa shape index (κ1) is 16.7. The summed E-state index contributed by atoms with van der Waals surface area (Å²) in [6, 6.07) is -1.75. The van der Waals surface area contributed by atoms with Gasteiger partial charge in [-0.05, 0) is 25.4 Å². The highest BCUT2D eigenvalue weighted by Gasteiger charge is 2.23. The zero-order valence-corrected chi connectivity index (χ0v) is 11.3. The molecule has 0 aliphatic rings. The summed E-state index contributed by atoms with van der Waals surface area (Å²) in [5.74, 6) is -1.41. The van der Waals surface area contributed by atoms with Gasteiger partial charge in [0.25, 0.3) is 0 Å². The van der Waals surface area contributed by atoms with Gasteiger partial charge in [-0.25, -0.2) is 0 Å². The summed E-state index contributed by atoms with van der Waals surface area (Å²) in [6.07, 6.45) is 2.30. The molecule has 0 rings (SSSR count). The third-order valence-corrected chi connectivity index (χ3v) is 2.82. The number of thioether (sulfide) groups is 1. The van der Waals surface area contributed by atoms with E-state index in [1.165, 1.54) is 18.7 Å². The number of carbonyl (C=O) groups is 3. The van der Waals surface area contributed by atoms with Crippen LogP contribution in [-0.2, 0) is 14.4 Å². The predicted molar refractivity (Wildman–Crippen MR) is 69.2 cm³/mol. The van der Waals surface area contributed by atoms with Gasteiger partial charge < -0.3 is 21.5 Å². The largest absolute Gasteiger partial charge is 0.480 e. The topological polar surface area (TPSA) is 122 Å². The van der Waals surface area contributed by atoms with E-state index in [-0.39, 0.29) is 6.54 Å². The number of aliphatic carboxylic acids is 1. The predicted octanol–water partition coefficient (Wildman–Crippen LogP) is -1.23. The molecule has 0 fully saturated rings. The summed E-state index contributed by atoms with van der Waals surface area (Å²) in [5, 5.41) is 13.5. The molecule has 0 saturated heterocycles. The normalized spacial score (nSPS) is 13.5. The molecule has 0 aliphatic heterocycles. The van der Waals surface area contributed by atoms with Gasteiger partial charge in [0, 0.05) is 0 Å². The molecule has 0 saturated carbocycles. The molecule has 0 radical (unpaired) electrons. The fourth-order valence-electron chi connectivity index (χ4n) is 1.13. The van der Waals surface area contributed by atoms with E-state index in [0.717, 1.165) is 0 Å². The van der Waals surface area contributed by atoms with Crippen molar-refractivity contribution in [1.29, 1.82) is 0 Å². The molecule has 2 amide bonds. The standard InChI is InChI=1S/C10H19N3O4S/c1-6(10(16)17)12-9(15)7(3-4-18-2)13-8(14)5-11/h6-7H,3-5,11H2,1-2H3,(H,12,15)(H,13,14)(H,16,17)/t6-,7-/m0/s1. The smallest absolute Gasteiger partial charge is 0.325 e. The number of amides is 2. The van der Waals surface area contributed by atoms with Crippen molar-refractivity contribution in [2.45, 2.75) is 25.4 Å². The molecule has 0 unspecified atom stereocenters. The third kappa shape index (κ3) is 6.45. The van der Waals surface area contributed by atoms with Crippen molar-refractivity contribution in [1.82, 2.24) is 10.6 Å². The van der Waals surface area contributed by atoms with Crippen molar-refractivity contribution in [3.63, 3.8) is 0 Å². The zero-order valence-electron chi connectivity index (χ0n) is 10.4. The number of nitrogens with one attached hydrogen (secondary N) is 2. The van der Waals surface area contributed by atoms with Crippen molar-refractivity contribution >= 4 is 29.5 Å². The Labute approximate surface area is 110 Å². The van der Waals surface area contributed by atoms with E-state index >= 15 is 0 Å². The maximum Gasteiger partial charge on any atom is 0.325 e. The van der Waals surface area contributed by atoms with E-state index in [1.807, 2.05) is 6.26 Å². The second-order valence-electron chi connectivity index (χ2n) is 3.67. The molecule has 2 atom stereocenters. The number of rotatable bonds is 8. The van der Waals surface area contributed by atoms with E-state index in [4.69, 9.17) is 10.8 Å². The minimum absolute atomic E-state index is 0.211. The Kier molecular flexibility index (Phi) is 8.14. The summed E-state index contributed by atoms with van der Waals surface area (Å²) < 4.78 is 0. The Balaban J connectivity index is 4.48. The highest BCUT2D eigenvalue weighted by Crippen LogP contribution is 2.01. The first-order valence-corrected chi connectivity index (χ1v) is 6.83. The molecule has 0 bridgehead atoms. The van der Waals surface area contributed by atoms with Gasteiger partial charge in [0.15, 0.2) is 0 Å². The second-order valence-corrected chi connectivity index (χ2v) is 4.66. The number of hydrogen-bond acceptors (Lipinski definition) is 5. The highest BCUT2D eigenvalue weighted by molar-refractivity contribution is 7.98. The van der Waals surface area contributed by atoms with Crippen LogP contribution < -0.4 is 16.4 Å². The van der Waals surface area contributed by atoms with Crippen molar-refractivity contribution in [2.24, 2.45) is 5.73 Å². The van der Waals surface area contributed by atoms with Crippen LogP contribution in [0.15, 0.2) is 0 Å². The Hall–Kier alpha value is -1.28. The second kappa shape index (κ2) is 8.76. The molecule has 0 spiro atoms. The lowest BCUT2D eigenvalue weighted by Gasteiger charge is -2.19.